The van der Waals surface area contributed by atoms with Gasteiger partial charge in [0.2, 0.25) is 0 Å². The van der Waals surface area contributed by atoms with Crippen LogP contribution in [-0.4, -0.2) is 45.7 Å². The van der Waals surface area contributed by atoms with Gasteiger partial charge in [-0.25, -0.2) is 0 Å². The molecule has 0 saturated heterocycles. The van der Waals surface area contributed by atoms with E-state index >= 15 is 0 Å². The van der Waals surface area contributed by atoms with Crippen molar-refractivity contribution in [3.05, 3.63) is 47.0 Å². The van der Waals surface area contributed by atoms with Crippen LogP contribution in [0.3, 0.4) is 0 Å². The van der Waals surface area contributed by atoms with Crippen molar-refractivity contribution in [2.45, 2.75) is 50.2 Å². The number of rotatable bonds is 4. The van der Waals surface area contributed by atoms with E-state index in [2.05, 4.69) is 46.0 Å². The molecule has 4 nitrogen and oxygen atoms in total. The summed E-state index contributed by atoms with van der Waals surface area (Å²) in [6, 6.07) is 12.3. The minimum atomic E-state index is 0. The van der Waals surface area contributed by atoms with Gasteiger partial charge in [0.05, 0.1) is 24.7 Å². The van der Waals surface area contributed by atoms with Gasteiger partial charge >= 0.3 is 0 Å². The Kier molecular flexibility index (Phi) is 7.65. The highest BCUT2D eigenvalue weighted by atomic mass is 35.5. The Hall–Kier alpha value is -0.820. The highest BCUT2D eigenvalue weighted by molar-refractivity contribution is 8.17. The van der Waals surface area contributed by atoms with E-state index in [1.165, 1.54) is 42.1 Å². The molecule has 3 atom stereocenters. The van der Waals surface area contributed by atoms with Crippen LogP contribution in [0.25, 0.3) is 0 Å². The summed E-state index contributed by atoms with van der Waals surface area (Å²) in [5.41, 5.74) is 2.80. The van der Waals surface area contributed by atoms with Crippen molar-refractivity contribution in [3.63, 3.8) is 0 Å². The summed E-state index contributed by atoms with van der Waals surface area (Å²) in [6.07, 6.45) is 6.29. The van der Waals surface area contributed by atoms with Crippen molar-refractivity contribution in [1.82, 2.24) is 10.2 Å². The van der Waals surface area contributed by atoms with Crippen molar-refractivity contribution in [1.29, 1.82) is 0 Å². The van der Waals surface area contributed by atoms with Crippen LogP contribution in [0.1, 0.15) is 31.2 Å². The topological polar surface area (TPSA) is 40.0 Å². The van der Waals surface area contributed by atoms with Gasteiger partial charge in [-0.3, -0.25) is 9.98 Å². The third-order valence-electron chi connectivity index (χ3n) is 5.58. The van der Waals surface area contributed by atoms with Gasteiger partial charge in [0.25, 0.3) is 0 Å². The molecule has 1 aromatic carbocycles. The lowest BCUT2D eigenvalue weighted by molar-refractivity contribution is 0.285. The van der Waals surface area contributed by atoms with Crippen molar-refractivity contribution < 1.29 is 0 Å². The minimum absolute atomic E-state index is 0. The molecule has 0 amide bonds. The maximum absolute atomic E-state index is 4.96. The van der Waals surface area contributed by atoms with E-state index in [0.29, 0.717) is 18.1 Å². The molecule has 4 aliphatic rings. The smallest absolute Gasteiger partial charge is 0.168 e. The Balaban J connectivity index is 0.00000112. The first-order valence-corrected chi connectivity index (χ1v) is 11.4. The molecular weight excluding hydrogens is 431 g/mol. The average Bonchev–Trinajstić information content (AvgIpc) is 3.36. The molecule has 0 aromatic heterocycles. The lowest BCUT2D eigenvalue weighted by Gasteiger charge is -2.31. The molecule has 8 heteroatoms. The largest absolute Gasteiger partial charge is 0.360 e. The quantitative estimate of drug-likeness (QED) is 0.711. The number of nitrogens with zero attached hydrogens (tertiary/aromatic N) is 3. The first-order valence-electron chi connectivity index (χ1n) is 9.57. The highest BCUT2D eigenvalue weighted by Crippen LogP contribution is 2.41. The first-order chi connectivity index (χ1) is 12.9. The molecule has 1 N–H and O–H groups in total. The monoisotopic (exact) mass is 456 g/mol. The Morgan fingerprint density at radius 1 is 1.14 bits per heavy atom. The first kappa shape index (κ1) is 21.9. The molecule has 28 heavy (non-hydrogen) atoms. The lowest BCUT2D eigenvalue weighted by Crippen LogP contribution is -2.39. The normalized spacial score (nSPS) is 27.5. The van der Waals surface area contributed by atoms with Crippen LogP contribution in [0.2, 0.25) is 0 Å². The number of amidine groups is 2. The Morgan fingerprint density at radius 2 is 1.96 bits per heavy atom. The second kappa shape index (κ2) is 9.79. The van der Waals surface area contributed by atoms with E-state index < -0.39 is 0 Å². The van der Waals surface area contributed by atoms with Crippen molar-refractivity contribution in [2.24, 2.45) is 9.98 Å². The van der Waals surface area contributed by atoms with Gasteiger partial charge in [-0.15, -0.1) is 24.8 Å². The third kappa shape index (κ3) is 4.50. The number of nitrogens with one attached hydrogen (secondary N) is 1. The van der Waals surface area contributed by atoms with E-state index in [1.54, 1.807) is 0 Å². The Morgan fingerprint density at radius 3 is 2.82 bits per heavy atom. The van der Waals surface area contributed by atoms with E-state index in [1.807, 2.05) is 23.5 Å². The number of fused-ring (bicyclic) bond motifs is 3. The Labute approximate surface area is 187 Å². The number of thioether (sulfide) groups is 2. The minimum Gasteiger partial charge on any atom is -0.360 e. The number of benzene rings is 1. The summed E-state index contributed by atoms with van der Waals surface area (Å²) in [5.74, 6) is 0.985. The van der Waals surface area contributed by atoms with Crippen molar-refractivity contribution >= 4 is 58.7 Å². The van der Waals surface area contributed by atoms with E-state index in [0.717, 1.165) is 23.9 Å². The maximum Gasteiger partial charge on any atom is 0.168 e. The van der Waals surface area contributed by atoms with Crippen LogP contribution < -0.4 is 5.32 Å². The number of halogens is 2. The maximum atomic E-state index is 4.96. The summed E-state index contributed by atoms with van der Waals surface area (Å²) < 4.78 is 0. The van der Waals surface area contributed by atoms with Gasteiger partial charge in [-0.05, 0) is 30.2 Å². The summed E-state index contributed by atoms with van der Waals surface area (Å²) in [7, 11) is 0. The second-order valence-electron chi connectivity index (χ2n) is 7.39. The second-order valence-corrected chi connectivity index (χ2v) is 9.19. The molecule has 152 valence electrons. The molecule has 1 aromatic rings. The van der Waals surface area contributed by atoms with Crippen LogP contribution in [0.4, 0.5) is 0 Å². The van der Waals surface area contributed by atoms with E-state index in [4.69, 9.17) is 9.98 Å². The predicted octanol–water partition coefficient (Wildman–Crippen LogP) is 4.70. The Bertz CT molecular complexity index is 769. The lowest BCUT2D eigenvalue weighted by atomic mass is 9.91. The summed E-state index contributed by atoms with van der Waals surface area (Å²) in [4.78, 5) is 12.2. The average molecular weight is 457 g/mol. The molecular formula is C20H26Cl2N4S2. The zero-order valence-electron chi connectivity index (χ0n) is 15.6. The van der Waals surface area contributed by atoms with Crippen molar-refractivity contribution in [2.75, 3.05) is 12.3 Å². The fraction of sp³-hybridized carbons (Fsp3) is 0.500. The number of hydrogen-bond donors (Lipinski definition) is 1. The fourth-order valence-corrected chi connectivity index (χ4v) is 6.33. The van der Waals surface area contributed by atoms with Crippen LogP contribution in [-0.2, 0) is 6.42 Å². The molecule has 1 fully saturated rings. The predicted molar refractivity (Wildman–Crippen MR) is 127 cm³/mol. The van der Waals surface area contributed by atoms with Gasteiger partial charge in [0.15, 0.2) is 10.3 Å². The molecule has 5 rings (SSSR count). The summed E-state index contributed by atoms with van der Waals surface area (Å²) >= 11 is 3.66. The van der Waals surface area contributed by atoms with Gasteiger partial charge in [-0.2, -0.15) is 0 Å². The standard InChI is InChI=1S/C20H24N4S2.2ClH/c1-2-6-14(7-3-1)10-15-11-21-19(22-15)25-12-16-13-26-20-23-17-8-4-5-9-18(17)24(16)20;;/h1-3,6-7,13,15,17-18H,4-5,8-12H2,(H,21,22);2*1H. The van der Waals surface area contributed by atoms with Crippen LogP contribution >= 0.6 is 48.3 Å². The van der Waals surface area contributed by atoms with Gasteiger partial charge in [-0.1, -0.05) is 66.7 Å². The summed E-state index contributed by atoms with van der Waals surface area (Å²) in [5, 5.41) is 8.24. The fourth-order valence-electron chi connectivity index (χ4n) is 4.30. The van der Waals surface area contributed by atoms with Gasteiger partial charge < -0.3 is 10.2 Å². The SMILES string of the molecule is C1=C(CSC2=NCC(Cc3ccccc3)N2)N2C(=NC3CCCCC32)S1.Cl.Cl. The molecule has 1 aliphatic carbocycles. The van der Waals surface area contributed by atoms with E-state index in [-0.39, 0.29) is 24.8 Å². The number of hydrogen-bond acceptors (Lipinski definition) is 6. The zero-order valence-corrected chi connectivity index (χ0v) is 18.9. The van der Waals surface area contributed by atoms with Gasteiger partial charge in [0, 0.05) is 11.4 Å². The third-order valence-corrected chi connectivity index (χ3v) is 7.45. The molecule has 0 bridgehead atoms. The highest BCUT2D eigenvalue weighted by Gasteiger charge is 2.41. The molecule has 0 spiro atoms. The molecule has 3 heterocycles. The van der Waals surface area contributed by atoms with Crippen LogP contribution in [0, 0.1) is 0 Å². The van der Waals surface area contributed by atoms with Gasteiger partial charge in [0.1, 0.15) is 0 Å². The molecule has 3 aliphatic heterocycles. The number of aliphatic imine (C=N–C) groups is 2. The van der Waals surface area contributed by atoms with Crippen LogP contribution in [0.15, 0.2) is 51.4 Å². The molecule has 0 radical (unpaired) electrons. The summed E-state index contributed by atoms with van der Waals surface area (Å²) in [6.45, 7) is 0.881. The zero-order chi connectivity index (χ0) is 17.3. The van der Waals surface area contributed by atoms with E-state index in [9.17, 15) is 0 Å². The molecule has 3 unspecified atom stereocenters. The van der Waals surface area contributed by atoms with Crippen molar-refractivity contribution in [3.8, 4) is 0 Å². The molecule has 1 saturated carbocycles. The van der Waals surface area contributed by atoms with Crippen LogP contribution in [0.5, 0.6) is 0 Å².